The lowest BCUT2D eigenvalue weighted by Gasteiger charge is -2.12. The molecule has 0 aromatic heterocycles. The topological polar surface area (TPSA) is 38.3 Å². The van der Waals surface area contributed by atoms with Crippen LogP contribution in [0.1, 0.15) is 23.6 Å². The van der Waals surface area contributed by atoms with Crippen molar-refractivity contribution in [2.75, 3.05) is 11.9 Å². The predicted molar refractivity (Wildman–Crippen MR) is 85.9 cm³/mol. The van der Waals surface area contributed by atoms with E-state index in [-0.39, 0.29) is 12.5 Å². The zero-order valence-electron chi connectivity index (χ0n) is 12.8. The molecule has 3 heteroatoms. The van der Waals surface area contributed by atoms with Crippen LogP contribution in [0.5, 0.6) is 5.75 Å². The molecule has 21 heavy (non-hydrogen) atoms. The number of amides is 1. The number of para-hydroxylation sites is 1. The zero-order valence-corrected chi connectivity index (χ0v) is 12.8. The van der Waals surface area contributed by atoms with Crippen LogP contribution in [0, 0.1) is 13.8 Å². The monoisotopic (exact) mass is 283 g/mol. The van der Waals surface area contributed by atoms with Crippen LogP contribution in [0.4, 0.5) is 5.69 Å². The van der Waals surface area contributed by atoms with Gasteiger partial charge in [0.15, 0.2) is 6.61 Å². The fourth-order valence-corrected chi connectivity index (χ4v) is 2.14. The van der Waals surface area contributed by atoms with Crippen LogP contribution in [0.2, 0.25) is 0 Å². The van der Waals surface area contributed by atoms with E-state index >= 15 is 0 Å². The Morgan fingerprint density at radius 3 is 2.67 bits per heavy atom. The number of hydrogen-bond acceptors (Lipinski definition) is 2. The Bertz CT molecular complexity index is 635. The molecule has 0 atom stereocenters. The second kappa shape index (κ2) is 6.93. The number of aryl methyl sites for hydroxylation is 3. The third-order valence-corrected chi connectivity index (χ3v) is 3.37. The Balaban J connectivity index is 1.97. The molecule has 0 saturated heterocycles. The lowest BCUT2D eigenvalue weighted by Crippen LogP contribution is -2.21. The number of ether oxygens (including phenoxy) is 1. The number of rotatable bonds is 5. The number of nitrogens with one attached hydrogen (secondary N) is 1. The Labute approximate surface area is 126 Å². The first kappa shape index (κ1) is 15.1. The van der Waals surface area contributed by atoms with Gasteiger partial charge in [0.25, 0.3) is 5.91 Å². The molecular weight excluding hydrogens is 262 g/mol. The Morgan fingerprint density at radius 2 is 1.90 bits per heavy atom. The molecule has 110 valence electrons. The minimum Gasteiger partial charge on any atom is -0.483 e. The van der Waals surface area contributed by atoms with Gasteiger partial charge in [-0.2, -0.15) is 0 Å². The molecule has 2 aromatic rings. The average molecular weight is 283 g/mol. The maximum Gasteiger partial charge on any atom is 0.262 e. The fraction of sp³-hybridized carbons (Fsp3) is 0.278. The molecule has 0 unspecified atom stereocenters. The van der Waals surface area contributed by atoms with E-state index in [2.05, 4.69) is 12.2 Å². The average Bonchev–Trinajstić information content (AvgIpc) is 2.49. The third kappa shape index (κ3) is 4.09. The second-order valence-corrected chi connectivity index (χ2v) is 5.12. The largest absolute Gasteiger partial charge is 0.483 e. The van der Waals surface area contributed by atoms with Gasteiger partial charge in [0, 0.05) is 5.69 Å². The van der Waals surface area contributed by atoms with Crippen molar-refractivity contribution in [2.45, 2.75) is 27.2 Å². The summed E-state index contributed by atoms with van der Waals surface area (Å²) in [6.07, 6.45) is 0.883. The van der Waals surface area contributed by atoms with Crippen molar-refractivity contribution in [3.63, 3.8) is 0 Å². The van der Waals surface area contributed by atoms with Crippen molar-refractivity contribution < 1.29 is 9.53 Å². The summed E-state index contributed by atoms with van der Waals surface area (Å²) in [6.45, 7) is 6.06. The summed E-state index contributed by atoms with van der Waals surface area (Å²) >= 11 is 0. The van der Waals surface area contributed by atoms with Crippen LogP contribution >= 0.6 is 0 Å². The summed E-state index contributed by atoms with van der Waals surface area (Å²) < 4.78 is 5.61. The van der Waals surface area contributed by atoms with Crippen LogP contribution in [0.15, 0.2) is 42.5 Å². The van der Waals surface area contributed by atoms with E-state index in [1.807, 2.05) is 56.3 Å². The van der Waals surface area contributed by atoms with Gasteiger partial charge < -0.3 is 10.1 Å². The van der Waals surface area contributed by atoms with Crippen molar-refractivity contribution in [3.05, 3.63) is 59.2 Å². The van der Waals surface area contributed by atoms with Gasteiger partial charge in [0.05, 0.1) is 0 Å². The molecule has 1 N–H and O–H groups in total. The van der Waals surface area contributed by atoms with Crippen LogP contribution in [0.25, 0.3) is 0 Å². The molecule has 0 bridgehead atoms. The lowest BCUT2D eigenvalue weighted by atomic mass is 10.1. The summed E-state index contributed by atoms with van der Waals surface area (Å²) in [6, 6.07) is 13.8. The molecule has 0 spiro atoms. The lowest BCUT2D eigenvalue weighted by molar-refractivity contribution is -0.118. The highest BCUT2D eigenvalue weighted by atomic mass is 16.5. The van der Waals surface area contributed by atoms with Gasteiger partial charge in [-0.25, -0.2) is 0 Å². The Hall–Kier alpha value is -2.29. The first-order valence-corrected chi connectivity index (χ1v) is 7.18. The number of hydrogen-bond donors (Lipinski definition) is 1. The summed E-state index contributed by atoms with van der Waals surface area (Å²) in [5, 5.41) is 2.90. The van der Waals surface area contributed by atoms with E-state index in [9.17, 15) is 4.79 Å². The van der Waals surface area contributed by atoms with Gasteiger partial charge in [-0.1, -0.05) is 37.3 Å². The number of carbonyl (C=O) groups is 1. The molecule has 0 heterocycles. The van der Waals surface area contributed by atoms with Crippen molar-refractivity contribution >= 4 is 11.6 Å². The molecular formula is C18H21NO2. The third-order valence-electron chi connectivity index (χ3n) is 3.37. The van der Waals surface area contributed by atoms with E-state index in [4.69, 9.17) is 4.74 Å². The van der Waals surface area contributed by atoms with Gasteiger partial charge in [0.2, 0.25) is 0 Å². The summed E-state index contributed by atoms with van der Waals surface area (Å²) in [5.41, 5.74) is 4.13. The molecule has 0 radical (unpaired) electrons. The first-order valence-electron chi connectivity index (χ1n) is 7.18. The van der Waals surface area contributed by atoms with Gasteiger partial charge in [0.1, 0.15) is 5.75 Å². The number of benzene rings is 2. The number of carbonyl (C=O) groups excluding carboxylic acids is 1. The standard InChI is InChI=1S/C18H21NO2/c1-4-15-7-5-6-8-16(15)19-18(20)12-21-17-11-13(2)9-10-14(17)3/h5-11H,4,12H2,1-3H3,(H,19,20). The Kier molecular flexibility index (Phi) is 4.99. The SMILES string of the molecule is CCc1ccccc1NC(=O)COc1cc(C)ccc1C. The van der Waals surface area contributed by atoms with Gasteiger partial charge in [-0.3, -0.25) is 4.79 Å². The highest BCUT2D eigenvalue weighted by Crippen LogP contribution is 2.19. The Morgan fingerprint density at radius 1 is 1.14 bits per heavy atom. The zero-order chi connectivity index (χ0) is 15.2. The molecule has 0 aliphatic rings. The normalized spacial score (nSPS) is 10.2. The maximum absolute atomic E-state index is 12.0. The first-order chi connectivity index (χ1) is 10.1. The van der Waals surface area contributed by atoms with E-state index in [1.165, 1.54) is 0 Å². The molecule has 0 aliphatic carbocycles. The maximum atomic E-state index is 12.0. The van der Waals surface area contributed by atoms with Crippen LogP contribution in [-0.4, -0.2) is 12.5 Å². The van der Waals surface area contributed by atoms with Crippen molar-refractivity contribution in [1.82, 2.24) is 0 Å². The van der Waals surface area contributed by atoms with E-state index in [0.29, 0.717) is 0 Å². The molecule has 1 amide bonds. The van der Waals surface area contributed by atoms with Gasteiger partial charge in [-0.15, -0.1) is 0 Å². The molecule has 2 aromatic carbocycles. The van der Waals surface area contributed by atoms with Gasteiger partial charge >= 0.3 is 0 Å². The van der Waals surface area contributed by atoms with E-state index in [1.54, 1.807) is 0 Å². The predicted octanol–water partition coefficient (Wildman–Crippen LogP) is 3.88. The van der Waals surface area contributed by atoms with Crippen molar-refractivity contribution in [1.29, 1.82) is 0 Å². The van der Waals surface area contributed by atoms with Gasteiger partial charge in [-0.05, 0) is 49.1 Å². The highest BCUT2D eigenvalue weighted by molar-refractivity contribution is 5.92. The number of anilines is 1. The van der Waals surface area contributed by atoms with Crippen molar-refractivity contribution in [3.8, 4) is 5.75 Å². The van der Waals surface area contributed by atoms with E-state index < -0.39 is 0 Å². The minimum atomic E-state index is -0.142. The van der Waals surface area contributed by atoms with Crippen molar-refractivity contribution in [2.24, 2.45) is 0 Å². The molecule has 2 rings (SSSR count). The molecule has 3 nitrogen and oxygen atoms in total. The van der Waals surface area contributed by atoms with E-state index in [0.717, 1.165) is 34.5 Å². The minimum absolute atomic E-state index is 0.0162. The summed E-state index contributed by atoms with van der Waals surface area (Å²) in [5.74, 6) is 0.616. The molecule has 0 saturated carbocycles. The molecule has 0 fully saturated rings. The second-order valence-electron chi connectivity index (χ2n) is 5.12. The fourth-order valence-electron chi connectivity index (χ4n) is 2.14. The summed E-state index contributed by atoms with van der Waals surface area (Å²) in [7, 11) is 0. The summed E-state index contributed by atoms with van der Waals surface area (Å²) in [4.78, 5) is 12.0. The van der Waals surface area contributed by atoms with Crippen LogP contribution in [-0.2, 0) is 11.2 Å². The smallest absolute Gasteiger partial charge is 0.262 e. The molecule has 0 aliphatic heterocycles. The quantitative estimate of drug-likeness (QED) is 0.904. The van der Waals surface area contributed by atoms with Crippen LogP contribution < -0.4 is 10.1 Å². The highest BCUT2D eigenvalue weighted by Gasteiger charge is 2.07. The van der Waals surface area contributed by atoms with Crippen LogP contribution in [0.3, 0.4) is 0 Å².